The number of rotatable bonds is 4. The molecule has 4 heteroatoms. The van der Waals surface area contributed by atoms with Crippen molar-refractivity contribution in [2.45, 2.75) is 25.3 Å². The Morgan fingerprint density at radius 1 is 1.41 bits per heavy atom. The lowest BCUT2D eigenvalue weighted by molar-refractivity contribution is 0.195. The van der Waals surface area contributed by atoms with Gasteiger partial charge >= 0.3 is 6.09 Å². The standard InChI is InChI=1S/C13H17N2O2/c16-13(17)15-12(9-11-7-4-8-14-11)10-5-2-1-3-6-10/h1-3,5-6,11,14-15H,4,7-9H2,(H,16,17)/t11-/m0/s1. The van der Waals surface area contributed by atoms with Crippen molar-refractivity contribution >= 4 is 6.09 Å². The minimum Gasteiger partial charge on any atom is -0.465 e. The summed E-state index contributed by atoms with van der Waals surface area (Å²) in [4.78, 5) is 10.8. The summed E-state index contributed by atoms with van der Waals surface area (Å²) in [5.74, 6) is 0. The van der Waals surface area contributed by atoms with Crippen LogP contribution in [0.4, 0.5) is 4.79 Å². The molecule has 1 aliphatic heterocycles. The molecule has 1 aliphatic rings. The van der Waals surface area contributed by atoms with E-state index in [1.165, 1.54) is 6.42 Å². The Balaban J connectivity index is 2.04. The van der Waals surface area contributed by atoms with Gasteiger partial charge in [-0.3, -0.25) is 0 Å². The first kappa shape index (κ1) is 11.9. The highest BCUT2D eigenvalue weighted by atomic mass is 16.4. The molecule has 1 aromatic carbocycles. The summed E-state index contributed by atoms with van der Waals surface area (Å²) in [5.41, 5.74) is 0.948. The Kier molecular flexibility index (Phi) is 3.98. The normalized spacial score (nSPS) is 19.5. The Hall–Kier alpha value is -1.55. The van der Waals surface area contributed by atoms with Crippen molar-refractivity contribution in [2.24, 2.45) is 0 Å². The van der Waals surface area contributed by atoms with Crippen LogP contribution in [0.3, 0.4) is 0 Å². The van der Waals surface area contributed by atoms with Crippen molar-refractivity contribution in [3.8, 4) is 0 Å². The van der Waals surface area contributed by atoms with E-state index in [9.17, 15) is 4.79 Å². The predicted octanol–water partition coefficient (Wildman–Crippen LogP) is 1.98. The van der Waals surface area contributed by atoms with Crippen LogP contribution in [-0.2, 0) is 0 Å². The average molecular weight is 233 g/mol. The molecule has 1 atom stereocenters. The largest absolute Gasteiger partial charge is 0.465 e. The van der Waals surface area contributed by atoms with E-state index in [4.69, 9.17) is 5.11 Å². The van der Waals surface area contributed by atoms with Crippen molar-refractivity contribution in [3.05, 3.63) is 41.9 Å². The van der Waals surface area contributed by atoms with Crippen LogP contribution in [0.15, 0.2) is 30.3 Å². The lowest BCUT2D eigenvalue weighted by Crippen LogP contribution is -2.33. The Labute approximate surface area is 101 Å². The number of benzene rings is 1. The fourth-order valence-corrected chi connectivity index (χ4v) is 2.19. The predicted molar refractivity (Wildman–Crippen MR) is 65.6 cm³/mol. The van der Waals surface area contributed by atoms with Gasteiger partial charge < -0.3 is 15.7 Å². The molecule has 2 rings (SSSR count). The molecule has 3 N–H and O–H groups in total. The summed E-state index contributed by atoms with van der Waals surface area (Å²) in [7, 11) is 0. The molecule has 1 radical (unpaired) electrons. The van der Waals surface area contributed by atoms with Crippen molar-refractivity contribution < 1.29 is 9.90 Å². The van der Waals surface area contributed by atoms with Crippen LogP contribution in [-0.4, -0.2) is 23.8 Å². The van der Waals surface area contributed by atoms with Gasteiger partial charge in [0.1, 0.15) is 0 Å². The third kappa shape index (κ3) is 3.46. The van der Waals surface area contributed by atoms with E-state index in [1.807, 2.05) is 30.3 Å². The second kappa shape index (κ2) is 5.68. The topological polar surface area (TPSA) is 61.4 Å². The van der Waals surface area contributed by atoms with E-state index in [-0.39, 0.29) is 0 Å². The molecule has 0 bridgehead atoms. The van der Waals surface area contributed by atoms with Gasteiger partial charge in [-0.05, 0) is 31.4 Å². The second-order valence-electron chi connectivity index (χ2n) is 4.27. The molecule has 0 spiro atoms. The molecule has 0 aromatic heterocycles. The minimum atomic E-state index is -0.998. The summed E-state index contributed by atoms with van der Waals surface area (Å²) >= 11 is 0. The molecular formula is C13H17N2O2. The highest BCUT2D eigenvalue weighted by molar-refractivity contribution is 5.67. The van der Waals surface area contributed by atoms with Gasteiger partial charge in [-0.2, -0.15) is 0 Å². The molecule has 1 heterocycles. The third-order valence-electron chi connectivity index (χ3n) is 2.99. The summed E-state index contributed by atoms with van der Waals surface area (Å²) < 4.78 is 0. The highest BCUT2D eigenvalue weighted by Crippen LogP contribution is 2.21. The zero-order valence-electron chi connectivity index (χ0n) is 9.65. The van der Waals surface area contributed by atoms with E-state index in [0.29, 0.717) is 6.04 Å². The maximum Gasteiger partial charge on any atom is 0.405 e. The molecule has 1 fully saturated rings. The number of carbonyl (C=O) groups is 1. The Morgan fingerprint density at radius 2 is 2.18 bits per heavy atom. The van der Waals surface area contributed by atoms with E-state index in [1.54, 1.807) is 0 Å². The van der Waals surface area contributed by atoms with Crippen LogP contribution in [0.2, 0.25) is 0 Å². The summed E-state index contributed by atoms with van der Waals surface area (Å²) in [6.07, 6.45) is 2.01. The number of nitrogens with one attached hydrogen (secondary N) is 2. The molecule has 4 nitrogen and oxygen atoms in total. The first-order valence-corrected chi connectivity index (χ1v) is 5.90. The van der Waals surface area contributed by atoms with Crippen molar-refractivity contribution in [3.63, 3.8) is 0 Å². The first-order chi connectivity index (χ1) is 8.25. The van der Waals surface area contributed by atoms with Gasteiger partial charge in [-0.25, -0.2) is 4.79 Å². The van der Waals surface area contributed by atoms with Crippen LogP contribution >= 0.6 is 0 Å². The van der Waals surface area contributed by atoms with Crippen molar-refractivity contribution in [1.29, 1.82) is 0 Å². The minimum absolute atomic E-state index is 0.386. The van der Waals surface area contributed by atoms with Crippen LogP contribution < -0.4 is 10.6 Å². The third-order valence-corrected chi connectivity index (χ3v) is 2.99. The molecule has 1 saturated heterocycles. The molecule has 1 aromatic rings. The zero-order chi connectivity index (χ0) is 12.1. The van der Waals surface area contributed by atoms with Gasteiger partial charge in [0.2, 0.25) is 0 Å². The van der Waals surface area contributed by atoms with Crippen LogP contribution in [0.5, 0.6) is 0 Å². The van der Waals surface area contributed by atoms with Crippen molar-refractivity contribution in [2.75, 3.05) is 6.54 Å². The van der Waals surface area contributed by atoms with E-state index < -0.39 is 6.09 Å². The van der Waals surface area contributed by atoms with Gasteiger partial charge in [0.05, 0.1) is 6.04 Å². The maximum absolute atomic E-state index is 10.8. The zero-order valence-corrected chi connectivity index (χ0v) is 9.65. The molecule has 0 unspecified atom stereocenters. The van der Waals surface area contributed by atoms with E-state index in [0.717, 1.165) is 31.0 Å². The van der Waals surface area contributed by atoms with E-state index in [2.05, 4.69) is 10.6 Å². The number of carboxylic acid groups (broad SMARTS) is 1. The SMILES string of the molecule is O=C(O)N[C](C[C@@H]1CCCN1)c1ccccc1. The van der Waals surface area contributed by atoms with Gasteiger partial charge in [-0.1, -0.05) is 30.3 Å². The Bertz CT molecular complexity index is 361. The van der Waals surface area contributed by atoms with Gasteiger partial charge in [0, 0.05) is 6.04 Å². The summed E-state index contributed by atoms with van der Waals surface area (Å²) in [6.45, 7) is 1.03. The number of hydrogen-bond donors (Lipinski definition) is 3. The van der Waals surface area contributed by atoms with Crippen LogP contribution in [0.25, 0.3) is 0 Å². The average Bonchev–Trinajstić information content (AvgIpc) is 2.82. The smallest absolute Gasteiger partial charge is 0.405 e. The van der Waals surface area contributed by atoms with Gasteiger partial charge in [0.15, 0.2) is 0 Å². The van der Waals surface area contributed by atoms with E-state index >= 15 is 0 Å². The van der Waals surface area contributed by atoms with Crippen LogP contribution in [0.1, 0.15) is 24.8 Å². The molecular weight excluding hydrogens is 216 g/mol. The Morgan fingerprint density at radius 3 is 2.76 bits per heavy atom. The van der Waals surface area contributed by atoms with Crippen LogP contribution in [0, 0.1) is 6.04 Å². The second-order valence-corrected chi connectivity index (χ2v) is 4.27. The maximum atomic E-state index is 10.8. The molecule has 17 heavy (non-hydrogen) atoms. The summed E-state index contributed by atoms with van der Waals surface area (Å²) in [6, 6.07) is 10.8. The van der Waals surface area contributed by atoms with Gasteiger partial charge in [0.25, 0.3) is 0 Å². The number of amides is 1. The number of hydrogen-bond acceptors (Lipinski definition) is 2. The monoisotopic (exact) mass is 233 g/mol. The molecule has 91 valence electrons. The molecule has 1 amide bonds. The first-order valence-electron chi connectivity index (χ1n) is 5.90. The molecule has 0 saturated carbocycles. The molecule has 0 aliphatic carbocycles. The lowest BCUT2D eigenvalue weighted by atomic mass is 9.98. The summed E-state index contributed by atoms with van der Waals surface area (Å²) in [5, 5.41) is 14.8. The van der Waals surface area contributed by atoms with Crippen molar-refractivity contribution in [1.82, 2.24) is 10.6 Å². The highest BCUT2D eigenvalue weighted by Gasteiger charge is 2.22. The fraction of sp³-hybridized carbons (Fsp3) is 0.385. The lowest BCUT2D eigenvalue weighted by Gasteiger charge is -2.20. The fourth-order valence-electron chi connectivity index (χ4n) is 2.19. The van der Waals surface area contributed by atoms with Gasteiger partial charge in [-0.15, -0.1) is 0 Å². The quantitative estimate of drug-likeness (QED) is 0.745.